The fourth-order valence-electron chi connectivity index (χ4n) is 1.40. The molecule has 0 fully saturated rings. The Hall–Kier alpha value is -0.390. The van der Waals surface area contributed by atoms with Crippen molar-refractivity contribution in [2.45, 2.75) is 18.7 Å². The van der Waals surface area contributed by atoms with Crippen LogP contribution in [0.5, 0.6) is 0 Å². The first-order valence-corrected chi connectivity index (χ1v) is 7.29. The highest BCUT2D eigenvalue weighted by Crippen LogP contribution is 2.18. The predicted octanol–water partition coefficient (Wildman–Crippen LogP) is 2.73. The summed E-state index contributed by atoms with van der Waals surface area (Å²) in [7, 11) is -1.73. The normalized spacial score (nSPS) is 12.4. The molecule has 0 amide bonds. The molecule has 0 N–H and O–H groups in total. The molecule has 90 valence electrons. The maximum atomic E-state index is 12.1. The van der Waals surface area contributed by atoms with Crippen molar-refractivity contribution in [1.82, 2.24) is 4.31 Å². The van der Waals surface area contributed by atoms with Crippen LogP contribution in [0.15, 0.2) is 33.6 Å². The number of nitrogens with zero attached hydrogens (tertiary/aromatic N) is 1. The predicted molar refractivity (Wildman–Crippen MR) is 68.8 cm³/mol. The van der Waals surface area contributed by atoms with Crippen molar-refractivity contribution in [1.29, 1.82) is 0 Å². The van der Waals surface area contributed by atoms with Crippen LogP contribution in [0.25, 0.3) is 0 Å². The highest BCUT2D eigenvalue weighted by atomic mass is 79.9. The van der Waals surface area contributed by atoms with Gasteiger partial charge in [0.2, 0.25) is 10.0 Å². The summed E-state index contributed by atoms with van der Waals surface area (Å²) in [6.07, 6.45) is 0. The van der Waals surface area contributed by atoms with E-state index in [0.717, 1.165) is 4.47 Å². The summed E-state index contributed by atoms with van der Waals surface area (Å²) >= 11 is 3.28. The molecule has 0 spiro atoms. The largest absolute Gasteiger partial charge is 0.242 e. The second-order valence-electron chi connectivity index (χ2n) is 4.13. The average Bonchev–Trinajstić information content (AvgIpc) is 2.17. The topological polar surface area (TPSA) is 37.4 Å². The molecule has 0 radical (unpaired) electrons. The van der Waals surface area contributed by atoms with Crippen LogP contribution in [-0.2, 0) is 10.0 Å². The zero-order valence-corrected chi connectivity index (χ0v) is 12.0. The maximum absolute atomic E-state index is 12.1. The van der Waals surface area contributed by atoms with Gasteiger partial charge in [0.15, 0.2) is 0 Å². The fraction of sp³-hybridized carbons (Fsp3) is 0.455. The van der Waals surface area contributed by atoms with E-state index in [9.17, 15) is 8.42 Å². The molecule has 16 heavy (non-hydrogen) atoms. The van der Waals surface area contributed by atoms with E-state index in [1.54, 1.807) is 31.3 Å². The lowest BCUT2D eigenvalue weighted by Gasteiger charge is -2.19. The molecule has 0 heterocycles. The van der Waals surface area contributed by atoms with Crippen LogP contribution in [0, 0.1) is 5.92 Å². The number of sulfonamides is 1. The van der Waals surface area contributed by atoms with Gasteiger partial charge in [-0.3, -0.25) is 0 Å². The number of hydrogen-bond donors (Lipinski definition) is 0. The molecule has 0 aliphatic carbocycles. The number of halogens is 1. The highest BCUT2D eigenvalue weighted by molar-refractivity contribution is 9.10. The molecule has 0 aromatic heterocycles. The molecule has 0 saturated heterocycles. The van der Waals surface area contributed by atoms with E-state index in [0.29, 0.717) is 17.4 Å². The molecule has 0 aliphatic rings. The Morgan fingerprint density at radius 1 is 1.25 bits per heavy atom. The third-order valence-electron chi connectivity index (χ3n) is 2.14. The first-order chi connectivity index (χ1) is 7.34. The number of rotatable bonds is 4. The Bertz CT molecular complexity index is 440. The van der Waals surface area contributed by atoms with E-state index in [4.69, 9.17) is 0 Å². The summed E-state index contributed by atoms with van der Waals surface area (Å²) in [4.78, 5) is 0.332. The first kappa shape index (κ1) is 13.7. The lowest BCUT2D eigenvalue weighted by molar-refractivity contribution is 0.417. The Kier molecular flexibility index (Phi) is 4.52. The molecular weight excluding hydrogens is 290 g/mol. The molecule has 5 heteroatoms. The molecular formula is C11H16BrNO2S. The molecule has 0 aliphatic heterocycles. The van der Waals surface area contributed by atoms with Crippen molar-refractivity contribution >= 4 is 26.0 Å². The van der Waals surface area contributed by atoms with Gasteiger partial charge in [0.1, 0.15) is 0 Å². The Morgan fingerprint density at radius 3 is 2.19 bits per heavy atom. The minimum absolute atomic E-state index is 0.315. The smallest absolute Gasteiger partial charge is 0.207 e. The fourth-order valence-corrected chi connectivity index (χ4v) is 3.00. The maximum Gasteiger partial charge on any atom is 0.242 e. The van der Waals surface area contributed by atoms with Crippen molar-refractivity contribution in [3.8, 4) is 0 Å². The minimum atomic E-state index is -3.34. The van der Waals surface area contributed by atoms with Crippen LogP contribution in [0.3, 0.4) is 0 Å². The van der Waals surface area contributed by atoms with Gasteiger partial charge in [-0.05, 0) is 30.2 Å². The van der Waals surface area contributed by atoms with E-state index in [-0.39, 0.29) is 0 Å². The van der Waals surface area contributed by atoms with E-state index in [2.05, 4.69) is 15.9 Å². The van der Waals surface area contributed by atoms with Gasteiger partial charge in [0.25, 0.3) is 0 Å². The molecule has 1 aromatic carbocycles. The highest BCUT2D eigenvalue weighted by Gasteiger charge is 2.20. The molecule has 0 bridgehead atoms. The minimum Gasteiger partial charge on any atom is -0.207 e. The molecule has 0 atom stereocenters. The third kappa shape index (κ3) is 3.30. The molecule has 0 unspecified atom stereocenters. The lowest BCUT2D eigenvalue weighted by Crippen LogP contribution is -2.30. The van der Waals surface area contributed by atoms with Crippen LogP contribution in [0.2, 0.25) is 0 Å². The van der Waals surface area contributed by atoms with Gasteiger partial charge in [-0.2, -0.15) is 0 Å². The molecule has 3 nitrogen and oxygen atoms in total. The number of hydrogen-bond acceptors (Lipinski definition) is 2. The van der Waals surface area contributed by atoms with Crippen molar-refractivity contribution in [3.63, 3.8) is 0 Å². The zero-order chi connectivity index (χ0) is 12.3. The van der Waals surface area contributed by atoms with Crippen molar-refractivity contribution < 1.29 is 8.42 Å². The van der Waals surface area contributed by atoms with Crippen molar-refractivity contribution in [2.75, 3.05) is 13.6 Å². The van der Waals surface area contributed by atoms with Crippen LogP contribution < -0.4 is 0 Å². The van der Waals surface area contributed by atoms with Crippen molar-refractivity contribution in [3.05, 3.63) is 28.7 Å². The second-order valence-corrected chi connectivity index (χ2v) is 7.09. The van der Waals surface area contributed by atoms with E-state index in [1.807, 2.05) is 13.8 Å². The Morgan fingerprint density at radius 2 is 1.75 bits per heavy atom. The van der Waals surface area contributed by atoms with Gasteiger partial charge in [-0.1, -0.05) is 29.8 Å². The third-order valence-corrected chi connectivity index (χ3v) is 4.51. The average molecular weight is 306 g/mol. The van der Waals surface area contributed by atoms with Crippen LogP contribution in [-0.4, -0.2) is 26.3 Å². The molecule has 1 rings (SSSR count). The van der Waals surface area contributed by atoms with Gasteiger partial charge >= 0.3 is 0 Å². The van der Waals surface area contributed by atoms with Gasteiger partial charge in [0.05, 0.1) is 4.90 Å². The van der Waals surface area contributed by atoms with Crippen LogP contribution in [0.1, 0.15) is 13.8 Å². The van der Waals surface area contributed by atoms with Gasteiger partial charge in [-0.15, -0.1) is 0 Å². The van der Waals surface area contributed by atoms with Crippen LogP contribution >= 0.6 is 15.9 Å². The first-order valence-electron chi connectivity index (χ1n) is 5.06. The standard InChI is InChI=1S/C11H16BrNO2S/c1-9(2)8-13(3)16(14,15)11-6-4-10(12)5-7-11/h4-7,9H,8H2,1-3H3. The summed E-state index contributed by atoms with van der Waals surface area (Å²) in [5.74, 6) is 0.315. The summed E-state index contributed by atoms with van der Waals surface area (Å²) < 4.78 is 26.4. The van der Waals surface area contributed by atoms with Gasteiger partial charge < -0.3 is 0 Å². The summed E-state index contributed by atoms with van der Waals surface area (Å²) in [6, 6.07) is 6.68. The van der Waals surface area contributed by atoms with Gasteiger partial charge in [0, 0.05) is 18.1 Å². The Balaban J connectivity index is 2.97. The van der Waals surface area contributed by atoms with E-state index < -0.39 is 10.0 Å². The zero-order valence-electron chi connectivity index (χ0n) is 9.64. The SMILES string of the molecule is CC(C)CN(C)S(=O)(=O)c1ccc(Br)cc1. The van der Waals surface area contributed by atoms with Crippen molar-refractivity contribution in [2.24, 2.45) is 5.92 Å². The summed E-state index contributed by atoms with van der Waals surface area (Å²) in [6.45, 7) is 4.51. The van der Waals surface area contributed by atoms with Gasteiger partial charge in [-0.25, -0.2) is 12.7 Å². The number of benzene rings is 1. The monoisotopic (exact) mass is 305 g/mol. The molecule has 1 aromatic rings. The summed E-state index contributed by atoms with van der Waals surface area (Å²) in [5.41, 5.74) is 0. The van der Waals surface area contributed by atoms with E-state index >= 15 is 0 Å². The second kappa shape index (κ2) is 5.29. The Labute approximate surface area is 106 Å². The summed E-state index contributed by atoms with van der Waals surface area (Å²) in [5, 5.41) is 0. The lowest BCUT2D eigenvalue weighted by atomic mass is 10.2. The molecule has 0 saturated carbocycles. The van der Waals surface area contributed by atoms with Crippen LogP contribution in [0.4, 0.5) is 0 Å². The quantitative estimate of drug-likeness (QED) is 0.858. The van der Waals surface area contributed by atoms with E-state index in [1.165, 1.54) is 4.31 Å².